The zero-order chi connectivity index (χ0) is 30.2. The maximum atomic E-state index is 2.44. The molecule has 0 bridgehead atoms. The van der Waals surface area contributed by atoms with E-state index in [1.165, 1.54) is 122 Å². The van der Waals surface area contributed by atoms with E-state index in [0.717, 1.165) is 6.42 Å². The van der Waals surface area contributed by atoms with Gasteiger partial charge in [-0.3, -0.25) is 0 Å². The van der Waals surface area contributed by atoms with Crippen molar-refractivity contribution in [2.75, 3.05) is 0 Å². The van der Waals surface area contributed by atoms with Crippen molar-refractivity contribution in [1.29, 1.82) is 0 Å². The number of pyridine rings is 1. The molecule has 1 nitrogen and oxygen atoms in total. The van der Waals surface area contributed by atoms with Crippen LogP contribution in [0.2, 0.25) is 0 Å². The lowest BCUT2D eigenvalue weighted by molar-refractivity contribution is -0.572. The molecule has 0 aliphatic carbocycles. The molecular formula is C43H50N+. The zero-order valence-electron chi connectivity index (χ0n) is 26.8. The summed E-state index contributed by atoms with van der Waals surface area (Å²) in [6, 6.07) is 46.3. The molecule has 4 aromatic carbocycles. The summed E-state index contributed by atoms with van der Waals surface area (Å²) in [5.74, 6) is 0. The van der Waals surface area contributed by atoms with Gasteiger partial charge < -0.3 is 0 Å². The van der Waals surface area contributed by atoms with Crippen molar-refractivity contribution in [1.82, 2.24) is 0 Å². The van der Waals surface area contributed by atoms with Crippen LogP contribution in [0.15, 0.2) is 127 Å². The molecule has 0 saturated heterocycles. The van der Waals surface area contributed by atoms with Crippen LogP contribution in [-0.2, 0) is 6.42 Å². The Kier molecular flexibility index (Phi) is 12.4. The minimum atomic E-state index is 1.16. The van der Waals surface area contributed by atoms with Gasteiger partial charge in [0, 0.05) is 35.4 Å². The van der Waals surface area contributed by atoms with Crippen molar-refractivity contribution in [3.8, 4) is 39.3 Å². The molecule has 44 heavy (non-hydrogen) atoms. The van der Waals surface area contributed by atoms with E-state index in [1.54, 1.807) is 0 Å². The van der Waals surface area contributed by atoms with Gasteiger partial charge in [0.1, 0.15) is 0 Å². The van der Waals surface area contributed by atoms with Crippen molar-refractivity contribution in [2.24, 2.45) is 0 Å². The van der Waals surface area contributed by atoms with Gasteiger partial charge >= 0.3 is 0 Å². The number of benzene rings is 4. The summed E-state index contributed by atoms with van der Waals surface area (Å²) in [7, 11) is 0. The Balaban J connectivity index is 1.30. The Hall–Kier alpha value is -3.97. The van der Waals surface area contributed by atoms with Gasteiger partial charge in [0.25, 0.3) is 0 Å². The Labute approximate surface area is 266 Å². The van der Waals surface area contributed by atoms with Gasteiger partial charge in [-0.15, -0.1) is 0 Å². The topological polar surface area (TPSA) is 3.88 Å². The van der Waals surface area contributed by atoms with Gasteiger partial charge in [-0.05, 0) is 53.8 Å². The fourth-order valence-corrected chi connectivity index (χ4v) is 6.30. The van der Waals surface area contributed by atoms with Crippen LogP contribution in [0.4, 0.5) is 0 Å². The molecule has 0 atom stereocenters. The maximum absolute atomic E-state index is 2.44. The molecule has 0 N–H and O–H groups in total. The average Bonchev–Trinajstić information content (AvgIpc) is 3.09. The average molecular weight is 581 g/mol. The summed E-state index contributed by atoms with van der Waals surface area (Å²) in [6.45, 7) is 2.30. The second kappa shape index (κ2) is 17.4. The van der Waals surface area contributed by atoms with Crippen molar-refractivity contribution in [3.05, 3.63) is 133 Å². The highest BCUT2D eigenvalue weighted by molar-refractivity contribution is 5.74. The zero-order valence-corrected chi connectivity index (χ0v) is 26.8. The fourth-order valence-electron chi connectivity index (χ4n) is 6.30. The Bertz CT molecular complexity index is 1440. The van der Waals surface area contributed by atoms with Gasteiger partial charge in [0.2, 0.25) is 17.1 Å². The molecule has 5 rings (SSSR count). The smallest absolute Gasteiger partial charge is 0.153 e. The van der Waals surface area contributed by atoms with E-state index in [-0.39, 0.29) is 0 Å². The minimum absolute atomic E-state index is 1.16. The van der Waals surface area contributed by atoms with Gasteiger partial charge in [0.15, 0.2) is 0 Å². The number of nitrogens with zero attached hydrogens (tertiary/aromatic N) is 1. The summed E-state index contributed by atoms with van der Waals surface area (Å²) in [5.41, 5.74) is 9.89. The quantitative estimate of drug-likeness (QED) is 0.0761. The molecular weight excluding hydrogens is 530 g/mol. The molecule has 0 spiro atoms. The molecule has 0 amide bonds. The molecule has 226 valence electrons. The van der Waals surface area contributed by atoms with Crippen LogP contribution in [0.25, 0.3) is 39.3 Å². The predicted molar refractivity (Wildman–Crippen MR) is 189 cm³/mol. The number of hydrogen-bond acceptors (Lipinski definition) is 0. The largest absolute Gasteiger partial charge is 0.219 e. The number of aryl methyl sites for hydroxylation is 1. The van der Waals surface area contributed by atoms with Crippen molar-refractivity contribution < 1.29 is 4.57 Å². The second-order valence-electron chi connectivity index (χ2n) is 12.3. The lowest BCUT2D eigenvalue weighted by Gasteiger charge is -2.13. The van der Waals surface area contributed by atoms with Crippen LogP contribution in [0, 0.1) is 0 Å². The van der Waals surface area contributed by atoms with Crippen LogP contribution in [0.5, 0.6) is 0 Å². The fraction of sp³-hybridized carbons (Fsp3) is 0.326. The summed E-state index contributed by atoms with van der Waals surface area (Å²) in [4.78, 5) is 0. The molecule has 5 aromatic rings. The summed E-state index contributed by atoms with van der Waals surface area (Å²) in [5, 5.41) is 0. The van der Waals surface area contributed by atoms with Crippen LogP contribution in [0.3, 0.4) is 0 Å². The Morgan fingerprint density at radius 2 is 0.795 bits per heavy atom. The van der Waals surface area contributed by atoms with E-state index in [2.05, 4.69) is 139 Å². The van der Waals surface area contributed by atoms with Gasteiger partial charge in [-0.1, -0.05) is 156 Å². The monoisotopic (exact) mass is 580 g/mol. The lowest BCUT2D eigenvalue weighted by atomic mass is 9.98. The molecule has 0 unspecified atom stereocenters. The highest BCUT2D eigenvalue weighted by Crippen LogP contribution is 2.30. The van der Waals surface area contributed by atoms with E-state index in [4.69, 9.17) is 0 Å². The molecule has 0 radical (unpaired) electrons. The molecule has 0 aliphatic heterocycles. The number of rotatable bonds is 17. The van der Waals surface area contributed by atoms with Gasteiger partial charge in [-0.25, -0.2) is 0 Å². The maximum Gasteiger partial charge on any atom is 0.219 e. The van der Waals surface area contributed by atoms with Crippen LogP contribution in [-0.4, -0.2) is 0 Å². The summed E-state index contributed by atoms with van der Waals surface area (Å²) < 4.78 is 2.44. The van der Waals surface area contributed by atoms with E-state index in [1.807, 2.05) is 0 Å². The molecule has 0 saturated carbocycles. The third kappa shape index (κ3) is 9.02. The third-order valence-electron chi connectivity index (χ3n) is 8.83. The summed E-state index contributed by atoms with van der Waals surface area (Å²) in [6.07, 6.45) is 17.9. The van der Waals surface area contributed by atoms with E-state index in [9.17, 15) is 0 Å². The van der Waals surface area contributed by atoms with E-state index >= 15 is 0 Å². The SMILES string of the molecule is CCCCCCCCCCCCCCc1ccc(-[n+]2c(-c3ccccc3)cc(-c3ccccc3)cc2-c2ccccc2)cc1. The van der Waals surface area contributed by atoms with E-state index < -0.39 is 0 Å². The first-order chi connectivity index (χ1) is 21.8. The van der Waals surface area contributed by atoms with Gasteiger partial charge in [-0.2, -0.15) is 4.57 Å². The number of unbranched alkanes of at least 4 members (excludes halogenated alkanes) is 11. The third-order valence-corrected chi connectivity index (χ3v) is 8.83. The van der Waals surface area contributed by atoms with Gasteiger partial charge in [0.05, 0.1) is 0 Å². The predicted octanol–water partition coefficient (Wildman–Crippen LogP) is 12.2. The Morgan fingerprint density at radius 3 is 1.25 bits per heavy atom. The molecule has 1 heteroatoms. The normalized spacial score (nSPS) is 11.1. The minimum Gasteiger partial charge on any atom is -0.153 e. The molecule has 0 fully saturated rings. The van der Waals surface area contributed by atoms with Crippen LogP contribution in [0.1, 0.15) is 89.5 Å². The first-order valence-corrected chi connectivity index (χ1v) is 17.2. The second-order valence-corrected chi connectivity index (χ2v) is 12.3. The summed E-state index contributed by atoms with van der Waals surface area (Å²) >= 11 is 0. The van der Waals surface area contributed by atoms with E-state index in [0.29, 0.717) is 0 Å². The first kappa shape index (κ1) is 31.5. The highest BCUT2D eigenvalue weighted by atomic mass is 15.0. The molecule has 1 heterocycles. The van der Waals surface area contributed by atoms with Crippen LogP contribution < -0.4 is 4.57 Å². The Morgan fingerprint density at radius 1 is 0.386 bits per heavy atom. The number of aromatic nitrogens is 1. The highest BCUT2D eigenvalue weighted by Gasteiger charge is 2.24. The standard InChI is InChI=1S/C43H50N/c1-2-3-4-5-6-7-8-9-10-11-12-16-23-36-30-32-41(33-31-36)44-42(38-26-19-14-20-27-38)34-40(37-24-17-13-18-25-37)35-43(44)39-28-21-15-22-29-39/h13-15,17-22,24-35H,2-12,16,23H2,1H3/q+1. The lowest BCUT2D eigenvalue weighted by Crippen LogP contribution is -2.36. The van der Waals surface area contributed by atoms with Crippen molar-refractivity contribution in [2.45, 2.75) is 90.4 Å². The first-order valence-electron chi connectivity index (χ1n) is 17.2. The van der Waals surface area contributed by atoms with Crippen LogP contribution >= 0.6 is 0 Å². The van der Waals surface area contributed by atoms with Crippen molar-refractivity contribution in [3.63, 3.8) is 0 Å². The molecule has 1 aromatic heterocycles. The number of hydrogen-bond donors (Lipinski definition) is 0. The molecule has 0 aliphatic rings. The van der Waals surface area contributed by atoms with Crippen molar-refractivity contribution >= 4 is 0 Å².